The van der Waals surface area contributed by atoms with E-state index in [2.05, 4.69) is 0 Å². The summed E-state index contributed by atoms with van der Waals surface area (Å²) >= 11 is 0. The second-order valence-electron chi connectivity index (χ2n) is 6.90. The van der Waals surface area contributed by atoms with Crippen molar-refractivity contribution in [2.75, 3.05) is 0 Å². The van der Waals surface area contributed by atoms with E-state index in [4.69, 9.17) is 0 Å². The van der Waals surface area contributed by atoms with Crippen LogP contribution in [0.4, 0.5) is 0 Å². The molecule has 2 amide bonds. The minimum Gasteiger partial charge on any atom is -0.388 e. The summed E-state index contributed by atoms with van der Waals surface area (Å²) in [6.45, 7) is 4.10. The Labute approximate surface area is 148 Å². The fraction of sp³-hybridized carbons (Fsp3) is 0.333. The number of rotatable bonds is 5. The second kappa shape index (κ2) is 7.19. The van der Waals surface area contributed by atoms with Gasteiger partial charge < -0.3 is 5.11 Å². The van der Waals surface area contributed by atoms with Gasteiger partial charge in [0.15, 0.2) is 0 Å². The van der Waals surface area contributed by atoms with Crippen molar-refractivity contribution in [2.24, 2.45) is 17.8 Å². The van der Waals surface area contributed by atoms with Crippen LogP contribution in [0.15, 0.2) is 60.7 Å². The lowest BCUT2D eigenvalue weighted by Gasteiger charge is -2.23. The van der Waals surface area contributed by atoms with Gasteiger partial charge in [-0.3, -0.25) is 14.5 Å². The summed E-state index contributed by atoms with van der Waals surface area (Å²) in [4.78, 5) is 27.2. The Morgan fingerprint density at radius 3 is 1.96 bits per heavy atom. The first-order valence-corrected chi connectivity index (χ1v) is 8.63. The molecule has 3 atom stereocenters. The summed E-state index contributed by atoms with van der Waals surface area (Å²) < 4.78 is 0. The van der Waals surface area contributed by atoms with Crippen LogP contribution in [0.1, 0.15) is 31.1 Å². The molecule has 1 unspecified atom stereocenters. The van der Waals surface area contributed by atoms with Crippen molar-refractivity contribution in [3.05, 3.63) is 71.8 Å². The number of nitrogens with zero attached hydrogens (tertiary/aromatic N) is 1. The molecule has 1 N–H and O–H groups in total. The lowest BCUT2D eigenvalue weighted by Crippen LogP contribution is -2.31. The molecule has 1 heterocycles. The highest BCUT2D eigenvalue weighted by Crippen LogP contribution is 2.40. The molecule has 4 nitrogen and oxygen atoms in total. The number of aliphatic hydroxyl groups excluding tert-OH is 1. The molecule has 4 heteroatoms. The van der Waals surface area contributed by atoms with Crippen LogP contribution in [-0.4, -0.2) is 21.8 Å². The first-order chi connectivity index (χ1) is 12.0. The summed E-state index contributed by atoms with van der Waals surface area (Å²) in [7, 11) is 0. The van der Waals surface area contributed by atoms with Crippen molar-refractivity contribution < 1.29 is 14.7 Å². The molecule has 0 spiro atoms. The summed E-state index contributed by atoms with van der Waals surface area (Å²) in [5.74, 6) is -1.75. The molecule has 0 aromatic heterocycles. The Kier molecular flexibility index (Phi) is 5.00. The third-order valence-electron chi connectivity index (χ3n) is 4.87. The Hall–Kier alpha value is -2.46. The maximum absolute atomic E-state index is 13.0. The monoisotopic (exact) mass is 337 g/mol. The van der Waals surface area contributed by atoms with Gasteiger partial charge in [-0.1, -0.05) is 74.5 Å². The number of carbonyl (C=O) groups excluding carboxylic acids is 2. The lowest BCUT2D eigenvalue weighted by atomic mass is 9.80. The van der Waals surface area contributed by atoms with Crippen LogP contribution in [0.3, 0.4) is 0 Å². The Morgan fingerprint density at radius 2 is 1.40 bits per heavy atom. The molecule has 0 bridgehead atoms. The summed E-state index contributed by atoms with van der Waals surface area (Å²) in [6, 6.07) is 18.6. The van der Waals surface area contributed by atoms with Crippen molar-refractivity contribution in [1.29, 1.82) is 0 Å². The SMILES string of the molecule is CC(C)[C@@H]1C(=O)N(Cc2ccccc2)C(=O)[C@H]1C(O)c1ccccc1. The number of aliphatic hydroxyl groups is 1. The fourth-order valence-electron chi connectivity index (χ4n) is 3.59. The van der Waals surface area contributed by atoms with E-state index in [1.54, 1.807) is 12.1 Å². The van der Waals surface area contributed by atoms with Crippen molar-refractivity contribution in [3.8, 4) is 0 Å². The largest absolute Gasteiger partial charge is 0.388 e. The third kappa shape index (κ3) is 3.35. The highest BCUT2D eigenvalue weighted by Gasteiger charge is 2.51. The number of benzene rings is 2. The maximum atomic E-state index is 13.0. The molecule has 2 aromatic carbocycles. The van der Waals surface area contributed by atoms with E-state index in [0.717, 1.165) is 5.56 Å². The summed E-state index contributed by atoms with van der Waals surface area (Å²) in [5.41, 5.74) is 1.57. The second-order valence-corrected chi connectivity index (χ2v) is 6.90. The van der Waals surface area contributed by atoms with Crippen LogP contribution < -0.4 is 0 Å². The van der Waals surface area contributed by atoms with Gasteiger partial charge in [-0.25, -0.2) is 0 Å². The first kappa shape index (κ1) is 17.4. The van der Waals surface area contributed by atoms with Crippen molar-refractivity contribution in [3.63, 3.8) is 0 Å². The van der Waals surface area contributed by atoms with E-state index in [9.17, 15) is 14.7 Å². The first-order valence-electron chi connectivity index (χ1n) is 8.63. The Morgan fingerprint density at radius 1 is 0.880 bits per heavy atom. The number of likely N-dealkylation sites (tertiary alicyclic amines) is 1. The fourth-order valence-corrected chi connectivity index (χ4v) is 3.59. The van der Waals surface area contributed by atoms with Gasteiger partial charge in [0.2, 0.25) is 11.8 Å². The number of imide groups is 1. The van der Waals surface area contributed by atoms with E-state index < -0.39 is 17.9 Å². The van der Waals surface area contributed by atoms with Crippen LogP contribution in [0, 0.1) is 17.8 Å². The Bertz CT molecular complexity index is 742. The molecule has 2 aromatic rings. The van der Waals surface area contributed by atoms with Crippen LogP contribution in [0.2, 0.25) is 0 Å². The van der Waals surface area contributed by atoms with E-state index in [1.165, 1.54) is 4.90 Å². The third-order valence-corrected chi connectivity index (χ3v) is 4.87. The van der Waals surface area contributed by atoms with E-state index in [1.807, 2.05) is 62.4 Å². The molecule has 130 valence electrons. The number of amides is 2. The van der Waals surface area contributed by atoms with Gasteiger partial charge in [0.1, 0.15) is 0 Å². The topological polar surface area (TPSA) is 57.6 Å². The lowest BCUT2D eigenvalue weighted by molar-refractivity contribution is -0.141. The standard InChI is InChI=1S/C21H23NO3/c1-14(2)17-18(19(23)16-11-7-4-8-12-16)21(25)22(20(17)24)13-15-9-5-3-6-10-15/h3-12,14,17-19,23H,13H2,1-2H3/t17-,18+,19?/m0/s1. The quantitative estimate of drug-likeness (QED) is 0.853. The number of carbonyl (C=O) groups is 2. The zero-order valence-corrected chi connectivity index (χ0v) is 14.5. The molecule has 0 radical (unpaired) electrons. The molecule has 0 aliphatic carbocycles. The summed E-state index contributed by atoms with van der Waals surface area (Å²) in [5, 5.41) is 10.8. The average molecular weight is 337 g/mol. The van der Waals surface area contributed by atoms with Crippen molar-refractivity contribution in [2.45, 2.75) is 26.5 Å². The average Bonchev–Trinajstić information content (AvgIpc) is 2.87. The van der Waals surface area contributed by atoms with E-state index >= 15 is 0 Å². The van der Waals surface area contributed by atoms with Gasteiger partial charge in [-0.05, 0) is 17.0 Å². The Balaban J connectivity index is 1.91. The van der Waals surface area contributed by atoms with Gasteiger partial charge in [0, 0.05) is 0 Å². The maximum Gasteiger partial charge on any atom is 0.236 e. The molecule has 1 aliphatic rings. The van der Waals surface area contributed by atoms with Crippen molar-refractivity contribution in [1.82, 2.24) is 4.90 Å². The predicted octanol–water partition coefficient (Wildman–Crippen LogP) is 3.18. The smallest absolute Gasteiger partial charge is 0.236 e. The van der Waals surface area contributed by atoms with Crippen molar-refractivity contribution >= 4 is 11.8 Å². The minimum absolute atomic E-state index is 0.0272. The number of hydrogen-bond donors (Lipinski definition) is 1. The van der Waals surface area contributed by atoms with Crippen LogP contribution in [-0.2, 0) is 16.1 Å². The normalized spacial score (nSPS) is 21.8. The van der Waals surface area contributed by atoms with Gasteiger partial charge in [0.25, 0.3) is 0 Å². The summed E-state index contributed by atoms with van der Waals surface area (Å²) in [6.07, 6.45) is -0.981. The molecule has 1 fully saturated rings. The van der Waals surface area contributed by atoms with Gasteiger partial charge in [-0.15, -0.1) is 0 Å². The van der Waals surface area contributed by atoms with Gasteiger partial charge in [-0.2, -0.15) is 0 Å². The number of hydrogen-bond acceptors (Lipinski definition) is 3. The highest BCUT2D eigenvalue weighted by molar-refractivity contribution is 6.05. The molecular formula is C21H23NO3. The molecule has 25 heavy (non-hydrogen) atoms. The zero-order chi connectivity index (χ0) is 18.0. The molecule has 0 saturated carbocycles. The highest BCUT2D eigenvalue weighted by atomic mass is 16.3. The molecule has 1 saturated heterocycles. The van der Waals surface area contributed by atoms with Crippen LogP contribution in [0.5, 0.6) is 0 Å². The van der Waals surface area contributed by atoms with Crippen LogP contribution in [0.25, 0.3) is 0 Å². The minimum atomic E-state index is -0.981. The zero-order valence-electron chi connectivity index (χ0n) is 14.5. The predicted molar refractivity (Wildman–Crippen MR) is 95.2 cm³/mol. The molecule has 3 rings (SSSR count). The molecular weight excluding hydrogens is 314 g/mol. The van der Waals surface area contributed by atoms with Gasteiger partial charge in [0.05, 0.1) is 24.5 Å². The van der Waals surface area contributed by atoms with E-state index in [0.29, 0.717) is 5.56 Å². The van der Waals surface area contributed by atoms with E-state index in [-0.39, 0.29) is 24.3 Å². The van der Waals surface area contributed by atoms with Gasteiger partial charge >= 0.3 is 0 Å². The van der Waals surface area contributed by atoms with Crippen LogP contribution >= 0.6 is 0 Å². The molecule has 1 aliphatic heterocycles.